The van der Waals surface area contributed by atoms with Crippen molar-refractivity contribution in [3.63, 3.8) is 0 Å². The zero-order valence-electron chi connectivity index (χ0n) is 7.09. The van der Waals surface area contributed by atoms with E-state index in [1.54, 1.807) is 27.2 Å². The van der Waals surface area contributed by atoms with Crippen molar-refractivity contribution in [2.24, 2.45) is 0 Å². The number of rotatable bonds is 6. The van der Waals surface area contributed by atoms with E-state index in [4.69, 9.17) is 24.9 Å². The molecule has 0 unspecified atom stereocenters. The Kier molecular flexibility index (Phi) is 6.17. The first kappa shape index (κ1) is 11.4. The van der Waals surface area contributed by atoms with Crippen LogP contribution in [-0.2, 0) is 13.3 Å². The third-order valence-corrected chi connectivity index (χ3v) is 4.48. The van der Waals surface area contributed by atoms with Crippen molar-refractivity contribution >= 4 is 20.4 Å². The van der Waals surface area contributed by atoms with Gasteiger partial charge in [-0.1, -0.05) is 0 Å². The predicted octanol–water partition coefficient (Wildman–Crippen LogP) is 1.66. The summed E-state index contributed by atoms with van der Waals surface area (Å²) in [7, 11) is 2.42. The summed E-state index contributed by atoms with van der Waals surface area (Å²) in [5, 5.41) is 0. The molecule has 0 atom stereocenters. The molecule has 5 heteroatoms. The first-order chi connectivity index (χ1) is 5.24. The Morgan fingerprint density at radius 3 is 1.91 bits per heavy atom. The van der Waals surface area contributed by atoms with Crippen molar-refractivity contribution < 1.29 is 13.3 Å². The molecule has 0 saturated carbocycles. The minimum Gasteiger partial charge on any atom is -0.377 e. The van der Waals surface area contributed by atoms with E-state index in [1.807, 2.05) is 0 Å². The second kappa shape index (κ2) is 5.96. The van der Waals surface area contributed by atoms with Gasteiger partial charge in [0.1, 0.15) is 0 Å². The SMILES string of the molecule is CO[Si](CC[CH]Cl)(OC)OC. The first-order valence-corrected chi connectivity index (χ1v) is 5.69. The molecular formula is C6H14ClO3Si. The summed E-state index contributed by atoms with van der Waals surface area (Å²) in [4.78, 5) is 0. The fourth-order valence-corrected chi connectivity index (χ4v) is 2.69. The van der Waals surface area contributed by atoms with Gasteiger partial charge in [-0.2, -0.15) is 0 Å². The maximum Gasteiger partial charge on any atom is 0.500 e. The average molecular weight is 198 g/mol. The van der Waals surface area contributed by atoms with Gasteiger partial charge in [-0.3, -0.25) is 0 Å². The van der Waals surface area contributed by atoms with Gasteiger partial charge in [-0.15, -0.1) is 11.6 Å². The molecule has 0 amide bonds. The molecular weight excluding hydrogens is 184 g/mol. The van der Waals surface area contributed by atoms with Gasteiger partial charge >= 0.3 is 8.80 Å². The van der Waals surface area contributed by atoms with E-state index in [-0.39, 0.29) is 0 Å². The van der Waals surface area contributed by atoms with E-state index >= 15 is 0 Å². The minimum absolute atomic E-state index is 0.722. The number of hydrogen-bond acceptors (Lipinski definition) is 3. The molecule has 1 radical (unpaired) electrons. The van der Waals surface area contributed by atoms with E-state index in [2.05, 4.69) is 0 Å². The highest BCUT2D eigenvalue weighted by molar-refractivity contribution is 6.60. The number of hydrogen-bond donors (Lipinski definition) is 0. The van der Waals surface area contributed by atoms with Crippen molar-refractivity contribution in [2.75, 3.05) is 21.3 Å². The zero-order valence-corrected chi connectivity index (χ0v) is 8.85. The molecule has 0 aromatic rings. The van der Waals surface area contributed by atoms with Crippen LogP contribution < -0.4 is 0 Å². The molecule has 3 nitrogen and oxygen atoms in total. The molecule has 0 bridgehead atoms. The lowest BCUT2D eigenvalue weighted by atomic mass is 10.6. The lowest BCUT2D eigenvalue weighted by molar-refractivity contribution is 0.124. The van der Waals surface area contributed by atoms with Gasteiger partial charge in [0, 0.05) is 33.3 Å². The van der Waals surface area contributed by atoms with Crippen LogP contribution in [0.1, 0.15) is 6.42 Å². The summed E-state index contributed by atoms with van der Waals surface area (Å²) in [5.74, 6) is 1.55. The van der Waals surface area contributed by atoms with Crippen molar-refractivity contribution in [3.05, 3.63) is 5.88 Å². The third kappa shape index (κ3) is 3.53. The standard InChI is InChI=1S/C6H14ClO3Si/c1-8-11(9-2,10-3)6-4-5-7/h5H,4,6H2,1-3H3. The van der Waals surface area contributed by atoms with Crippen LogP contribution in [0.5, 0.6) is 0 Å². The lowest BCUT2D eigenvalue weighted by Crippen LogP contribution is -2.42. The molecule has 0 aliphatic rings. The first-order valence-electron chi connectivity index (χ1n) is 3.32. The molecule has 0 aromatic heterocycles. The molecule has 0 aliphatic carbocycles. The van der Waals surface area contributed by atoms with E-state index in [9.17, 15) is 0 Å². The summed E-state index contributed by atoms with van der Waals surface area (Å²) < 4.78 is 15.5. The smallest absolute Gasteiger partial charge is 0.377 e. The van der Waals surface area contributed by atoms with Crippen molar-refractivity contribution in [3.8, 4) is 0 Å². The van der Waals surface area contributed by atoms with Crippen LogP contribution in [0.25, 0.3) is 0 Å². The Morgan fingerprint density at radius 1 is 1.18 bits per heavy atom. The van der Waals surface area contributed by atoms with Crippen molar-refractivity contribution in [1.82, 2.24) is 0 Å². The monoisotopic (exact) mass is 197 g/mol. The molecule has 0 N–H and O–H groups in total. The normalized spacial score (nSPS) is 12.0. The topological polar surface area (TPSA) is 27.7 Å². The highest BCUT2D eigenvalue weighted by atomic mass is 35.5. The van der Waals surface area contributed by atoms with Gasteiger partial charge < -0.3 is 13.3 Å². The van der Waals surface area contributed by atoms with Gasteiger partial charge in [-0.05, 0) is 6.42 Å². The predicted molar refractivity (Wildman–Crippen MR) is 46.4 cm³/mol. The fraction of sp³-hybridized carbons (Fsp3) is 0.833. The van der Waals surface area contributed by atoms with Gasteiger partial charge in [0.05, 0.1) is 0 Å². The summed E-state index contributed by atoms with van der Waals surface area (Å²) in [6, 6.07) is 0.722. The molecule has 0 rings (SSSR count). The molecule has 0 aliphatic heterocycles. The van der Waals surface area contributed by atoms with Crippen molar-refractivity contribution in [1.29, 1.82) is 0 Å². The third-order valence-electron chi connectivity index (χ3n) is 1.49. The Labute approximate surface area is 74.0 Å². The van der Waals surface area contributed by atoms with Crippen LogP contribution >= 0.6 is 11.6 Å². The van der Waals surface area contributed by atoms with Crippen LogP contribution in [0.3, 0.4) is 0 Å². The highest BCUT2D eigenvalue weighted by Crippen LogP contribution is 2.16. The van der Waals surface area contributed by atoms with Crippen LogP contribution in [0.4, 0.5) is 0 Å². The van der Waals surface area contributed by atoms with Crippen LogP contribution in [-0.4, -0.2) is 30.1 Å². The molecule has 67 valence electrons. The van der Waals surface area contributed by atoms with E-state index < -0.39 is 8.80 Å². The molecule has 11 heavy (non-hydrogen) atoms. The summed E-state index contributed by atoms with van der Waals surface area (Å²) in [5.41, 5.74) is 0. The quantitative estimate of drug-likeness (QED) is 0.607. The number of halogens is 1. The Balaban J connectivity index is 3.84. The summed E-state index contributed by atoms with van der Waals surface area (Å²) in [6.45, 7) is 0. The van der Waals surface area contributed by atoms with Gasteiger partial charge in [-0.25, -0.2) is 0 Å². The van der Waals surface area contributed by atoms with Gasteiger partial charge in [0.25, 0.3) is 0 Å². The second-order valence-corrected chi connectivity index (χ2v) is 5.39. The van der Waals surface area contributed by atoms with E-state index in [0.29, 0.717) is 0 Å². The average Bonchev–Trinajstić information content (AvgIpc) is 2.08. The summed E-state index contributed by atoms with van der Waals surface area (Å²) in [6.07, 6.45) is 0.739. The highest BCUT2D eigenvalue weighted by Gasteiger charge is 2.36. The van der Waals surface area contributed by atoms with Crippen LogP contribution in [0.15, 0.2) is 0 Å². The maximum absolute atomic E-state index is 5.41. The summed E-state index contributed by atoms with van der Waals surface area (Å²) >= 11 is 5.41. The van der Waals surface area contributed by atoms with Crippen LogP contribution in [0, 0.1) is 5.88 Å². The minimum atomic E-state index is -2.35. The Bertz CT molecular complexity index is 89.6. The molecule has 0 spiro atoms. The molecule has 0 saturated heterocycles. The lowest BCUT2D eigenvalue weighted by Gasteiger charge is -2.23. The largest absolute Gasteiger partial charge is 0.500 e. The molecule has 0 heterocycles. The van der Waals surface area contributed by atoms with Crippen molar-refractivity contribution in [2.45, 2.75) is 12.5 Å². The van der Waals surface area contributed by atoms with Gasteiger partial charge in [0.15, 0.2) is 0 Å². The Hall–Kier alpha value is 0.387. The second-order valence-electron chi connectivity index (χ2n) is 1.99. The zero-order chi connectivity index (χ0) is 8.74. The fourth-order valence-electron chi connectivity index (χ4n) is 0.788. The maximum atomic E-state index is 5.41. The molecule has 0 aromatic carbocycles. The van der Waals surface area contributed by atoms with E-state index in [1.165, 1.54) is 0 Å². The van der Waals surface area contributed by atoms with Crippen LogP contribution in [0.2, 0.25) is 6.04 Å². The van der Waals surface area contributed by atoms with E-state index in [0.717, 1.165) is 12.5 Å². The molecule has 0 fully saturated rings. The van der Waals surface area contributed by atoms with Gasteiger partial charge in [0.2, 0.25) is 0 Å². The Morgan fingerprint density at radius 2 is 1.64 bits per heavy atom.